The van der Waals surface area contributed by atoms with Crippen LogP contribution in [0.3, 0.4) is 0 Å². The molecule has 0 saturated carbocycles. The number of methoxy groups -OCH3 is 2. The van der Waals surface area contributed by atoms with Crippen LogP contribution >= 0.6 is 11.3 Å². The fourth-order valence-corrected chi connectivity index (χ4v) is 6.16. The van der Waals surface area contributed by atoms with Gasteiger partial charge in [0.25, 0.3) is 10.0 Å². The average Bonchev–Trinajstić information content (AvgIpc) is 3.15. The Kier molecular flexibility index (Phi) is 6.26. The molecule has 1 aliphatic rings. The molecule has 1 aromatic carbocycles. The predicted molar refractivity (Wildman–Crippen MR) is 109 cm³/mol. The fraction of sp³-hybridized carbons (Fsp3) is 0.421. The van der Waals surface area contributed by atoms with Gasteiger partial charge in [0.2, 0.25) is 5.91 Å². The van der Waals surface area contributed by atoms with Crippen LogP contribution in [-0.4, -0.2) is 45.9 Å². The smallest absolute Gasteiger partial charge is 0.252 e. The number of carbonyl (C=O) groups is 1. The molecule has 2 aromatic rings. The lowest BCUT2D eigenvalue weighted by atomic mass is 9.98. The Labute approximate surface area is 169 Å². The van der Waals surface area contributed by atoms with Crippen molar-refractivity contribution < 1.29 is 22.7 Å². The lowest BCUT2D eigenvalue weighted by Crippen LogP contribution is -2.43. The summed E-state index contributed by atoms with van der Waals surface area (Å²) in [5.41, 5.74) is 0.501. The standard InChI is InChI=1S/C19H24N2O5S2/c1-13-6-9-18(27-13)28(23,24)21-10-4-5-14(12-21)19(22)20-16-11-15(25-2)7-8-17(16)26-3/h6-9,11,14H,4-5,10,12H2,1-3H3,(H,20,22)/t14-/m0/s1. The summed E-state index contributed by atoms with van der Waals surface area (Å²) < 4.78 is 38.0. The number of thiophene rings is 1. The molecule has 1 N–H and O–H groups in total. The Morgan fingerprint density at radius 2 is 2.00 bits per heavy atom. The van der Waals surface area contributed by atoms with Gasteiger partial charge < -0.3 is 14.8 Å². The van der Waals surface area contributed by atoms with E-state index in [-0.39, 0.29) is 12.5 Å². The Balaban J connectivity index is 1.75. The van der Waals surface area contributed by atoms with E-state index >= 15 is 0 Å². The van der Waals surface area contributed by atoms with Gasteiger partial charge >= 0.3 is 0 Å². The third-order valence-electron chi connectivity index (χ3n) is 4.73. The van der Waals surface area contributed by atoms with Gasteiger partial charge in [0.15, 0.2) is 0 Å². The summed E-state index contributed by atoms with van der Waals surface area (Å²) in [4.78, 5) is 13.8. The predicted octanol–water partition coefficient (Wildman–Crippen LogP) is 3.11. The highest BCUT2D eigenvalue weighted by Crippen LogP contribution is 2.31. The van der Waals surface area contributed by atoms with E-state index in [2.05, 4.69) is 5.32 Å². The molecule has 28 heavy (non-hydrogen) atoms. The minimum atomic E-state index is -3.58. The summed E-state index contributed by atoms with van der Waals surface area (Å²) in [6.07, 6.45) is 1.27. The molecule has 0 bridgehead atoms. The van der Waals surface area contributed by atoms with Crippen molar-refractivity contribution in [3.8, 4) is 11.5 Å². The molecule has 0 unspecified atom stereocenters. The van der Waals surface area contributed by atoms with Crippen LogP contribution in [0.25, 0.3) is 0 Å². The van der Waals surface area contributed by atoms with Gasteiger partial charge in [-0.2, -0.15) is 4.31 Å². The van der Waals surface area contributed by atoms with Crippen LogP contribution < -0.4 is 14.8 Å². The van der Waals surface area contributed by atoms with Crippen LogP contribution in [0, 0.1) is 12.8 Å². The van der Waals surface area contributed by atoms with Gasteiger partial charge in [0, 0.05) is 24.0 Å². The summed E-state index contributed by atoms with van der Waals surface area (Å²) >= 11 is 1.25. The average molecular weight is 425 g/mol. The maximum atomic E-state index is 12.9. The maximum absolute atomic E-state index is 12.9. The van der Waals surface area contributed by atoms with Crippen molar-refractivity contribution in [1.29, 1.82) is 0 Å². The largest absolute Gasteiger partial charge is 0.497 e. The van der Waals surface area contributed by atoms with Gasteiger partial charge in [-0.1, -0.05) is 0 Å². The number of hydrogen-bond donors (Lipinski definition) is 1. The highest BCUT2D eigenvalue weighted by molar-refractivity contribution is 7.91. The van der Waals surface area contributed by atoms with Gasteiger partial charge in [0.1, 0.15) is 15.7 Å². The first-order chi connectivity index (χ1) is 13.3. The van der Waals surface area contributed by atoms with E-state index < -0.39 is 15.9 Å². The van der Waals surface area contributed by atoms with E-state index in [4.69, 9.17) is 9.47 Å². The molecule has 2 heterocycles. The summed E-state index contributed by atoms with van der Waals surface area (Å²) in [5, 5.41) is 2.86. The number of anilines is 1. The van der Waals surface area contributed by atoms with Crippen LogP contribution in [0.2, 0.25) is 0 Å². The van der Waals surface area contributed by atoms with E-state index in [0.29, 0.717) is 40.8 Å². The first-order valence-electron chi connectivity index (χ1n) is 8.94. The Morgan fingerprint density at radius 3 is 2.64 bits per heavy atom. The van der Waals surface area contributed by atoms with E-state index in [1.165, 1.54) is 22.8 Å². The van der Waals surface area contributed by atoms with Gasteiger partial charge in [-0.15, -0.1) is 11.3 Å². The third-order valence-corrected chi connectivity index (χ3v) is 8.06. The number of ether oxygens (including phenoxy) is 2. The number of rotatable bonds is 6. The highest BCUT2D eigenvalue weighted by Gasteiger charge is 2.34. The maximum Gasteiger partial charge on any atom is 0.252 e. The van der Waals surface area contributed by atoms with Crippen molar-refractivity contribution in [2.45, 2.75) is 24.0 Å². The molecule has 0 aliphatic carbocycles. The molecule has 152 valence electrons. The van der Waals surface area contributed by atoms with Crippen molar-refractivity contribution in [1.82, 2.24) is 4.31 Å². The van der Waals surface area contributed by atoms with Crippen molar-refractivity contribution in [3.05, 3.63) is 35.2 Å². The van der Waals surface area contributed by atoms with E-state index in [0.717, 1.165) is 4.88 Å². The summed E-state index contributed by atoms with van der Waals surface area (Å²) in [7, 11) is -0.508. The number of aryl methyl sites for hydroxylation is 1. The molecule has 7 nitrogen and oxygen atoms in total. The number of hydrogen-bond acceptors (Lipinski definition) is 6. The fourth-order valence-electron chi connectivity index (χ4n) is 3.20. The molecule has 0 spiro atoms. The Hall–Kier alpha value is -2.10. The van der Waals surface area contributed by atoms with Crippen LogP contribution in [0.5, 0.6) is 11.5 Å². The lowest BCUT2D eigenvalue weighted by molar-refractivity contribution is -0.120. The SMILES string of the molecule is COc1ccc(OC)c(NC(=O)[C@H]2CCCN(S(=O)(=O)c3ccc(C)s3)C2)c1. The second-order valence-corrected chi connectivity index (χ2v) is 10.1. The molecule has 0 radical (unpaired) electrons. The number of carbonyl (C=O) groups excluding carboxylic acids is 1. The number of piperidine rings is 1. The third kappa shape index (κ3) is 4.31. The molecule has 9 heteroatoms. The highest BCUT2D eigenvalue weighted by atomic mass is 32.2. The molecular weight excluding hydrogens is 400 g/mol. The zero-order valence-electron chi connectivity index (χ0n) is 16.1. The zero-order valence-corrected chi connectivity index (χ0v) is 17.7. The Morgan fingerprint density at radius 1 is 1.21 bits per heavy atom. The lowest BCUT2D eigenvalue weighted by Gasteiger charge is -2.31. The monoisotopic (exact) mass is 424 g/mol. The van der Waals surface area contributed by atoms with Crippen molar-refractivity contribution >= 4 is 33.0 Å². The van der Waals surface area contributed by atoms with Gasteiger partial charge in [0.05, 0.1) is 25.8 Å². The number of nitrogens with one attached hydrogen (secondary N) is 1. The van der Waals surface area contributed by atoms with E-state index in [9.17, 15) is 13.2 Å². The summed E-state index contributed by atoms with van der Waals surface area (Å²) in [5.74, 6) is 0.454. The number of amides is 1. The molecule has 3 rings (SSSR count). The van der Waals surface area contributed by atoms with E-state index in [1.807, 2.05) is 6.92 Å². The van der Waals surface area contributed by atoms with Crippen LogP contribution in [0.4, 0.5) is 5.69 Å². The molecule has 1 amide bonds. The van der Waals surface area contributed by atoms with E-state index in [1.54, 1.807) is 37.4 Å². The Bertz CT molecular complexity index is 955. The molecule has 1 saturated heterocycles. The van der Waals surface area contributed by atoms with Crippen molar-refractivity contribution in [3.63, 3.8) is 0 Å². The van der Waals surface area contributed by atoms with Crippen molar-refractivity contribution in [2.75, 3.05) is 32.6 Å². The summed E-state index contributed by atoms with van der Waals surface area (Å²) in [6, 6.07) is 8.56. The molecule has 1 fully saturated rings. The topological polar surface area (TPSA) is 84.9 Å². The molecule has 1 aliphatic heterocycles. The minimum Gasteiger partial charge on any atom is -0.497 e. The number of benzene rings is 1. The first-order valence-corrected chi connectivity index (χ1v) is 11.2. The molecule has 1 aromatic heterocycles. The normalized spacial score (nSPS) is 17.9. The van der Waals surface area contributed by atoms with Crippen LogP contribution in [-0.2, 0) is 14.8 Å². The number of sulfonamides is 1. The zero-order chi connectivity index (χ0) is 20.3. The molecular formula is C19H24N2O5S2. The molecule has 1 atom stereocenters. The van der Waals surface area contributed by atoms with Crippen LogP contribution in [0.1, 0.15) is 17.7 Å². The van der Waals surface area contributed by atoms with Gasteiger partial charge in [-0.3, -0.25) is 4.79 Å². The second-order valence-electron chi connectivity index (χ2n) is 6.62. The van der Waals surface area contributed by atoms with Crippen LogP contribution in [0.15, 0.2) is 34.5 Å². The number of nitrogens with zero attached hydrogens (tertiary/aromatic N) is 1. The summed E-state index contributed by atoms with van der Waals surface area (Å²) in [6.45, 7) is 2.46. The van der Waals surface area contributed by atoms with Gasteiger partial charge in [-0.05, 0) is 44.0 Å². The first kappa shape index (κ1) is 20.6. The second kappa shape index (κ2) is 8.50. The minimum absolute atomic E-state index is 0.164. The van der Waals surface area contributed by atoms with Gasteiger partial charge in [-0.25, -0.2) is 8.42 Å². The quantitative estimate of drug-likeness (QED) is 0.770. The van der Waals surface area contributed by atoms with Crippen molar-refractivity contribution in [2.24, 2.45) is 5.92 Å².